The van der Waals surface area contributed by atoms with Gasteiger partial charge in [0.15, 0.2) is 0 Å². The van der Waals surface area contributed by atoms with Crippen LogP contribution in [0.5, 0.6) is 0 Å². The molecule has 0 fully saturated rings. The van der Waals surface area contributed by atoms with Crippen molar-refractivity contribution in [2.45, 2.75) is 26.8 Å². The number of aromatic nitrogens is 3. The zero-order chi connectivity index (χ0) is 14.3. The minimum Gasteiger partial charge on any atom is -0.323 e. The molecule has 2 heterocycles. The van der Waals surface area contributed by atoms with E-state index >= 15 is 0 Å². The first-order valence-corrected chi connectivity index (χ1v) is 6.72. The van der Waals surface area contributed by atoms with E-state index in [1.54, 1.807) is 0 Å². The number of rotatable bonds is 2. The van der Waals surface area contributed by atoms with E-state index in [0.717, 1.165) is 22.4 Å². The van der Waals surface area contributed by atoms with Gasteiger partial charge in [-0.2, -0.15) is 0 Å². The number of aryl methyl sites for hydroxylation is 2. The van der Waals surface area contributed by atoms with Crippen molar-refractivity contribution in [3.8, 4) is 5.69 Å². The molecule has 0 spiro atoms. The van der Waals surface area contributed by atoms with Crippen molar-refractivity contribution in [2.75, 3.05) is 0 Å². The van der Waals surface area contributed by atoms with Gasteiger partial charge in [0.1, 0.15) is 6.33 Å². The molecule has 2 N–H and O–H groups in total. The van der Waals surface area contributed by atoms with Crippen molar-refractivity contribution in [3.05, 3.63) is 53.6 Å². The van der Waals surface area contributed by atoms with E-state index in [2.05, 4.69) is 40.5 Å². The highest BCUT2D eigenvalue weighted by Gasteiger charge is 2.08. The summed E-state index contributed by atoms with van der Waals surface area (Å²) in [4.78, 5) is 8.87. The van der Waals surface area contributed by atoms with E-state index in [0.29, 0.717) is 0 Å². The first-order valence-electron chi connectivity index (χ1n) is 6.72. The number of nitrogens with zero attached hydrogens (tertiary/aromatic N) is 3. The highest BCUT2D eigenvalue weighted by molar-refractivity contribution is 5.79. The van der Waals surface area contributed by atoms with Gasteiger partial charge in [-0.1, -0.05) is 0 Å². The van der Waals surface area contributed by atoms with Crippen molar-refractivity contribution in [1.29, 1.82) is 0 Å². The fraction of sp³-hybridized carbons (Fsp3) is 0.250. The smallest absolute Gasteiger partial charge is 0.100 e. The second-order valence-electron chi connectivity index (χ2n) is 5.27. The van der Waals surface area contributed by atoms with Crippen molar-refractivity contribution in [2.24, 2.45) is 5.73 Å². The van der Waals surface area contributed by atoms with Crippen LogP contribution in [0.2, 0.25) is 0 Å². The van der Waals surface area contributed by atoms with Gasteiger partial charge in [0.05, 0.1) is 28.6 Å². The molecule has 1 atom stereocenters. The largest absolute Gasteiger partial charge is 0.323 e. The van der Waals surface area contributed by atoms with E-state index in [9.17, 15) is 0 Å². The lowest BCUT2D eigenvalue weighted by Gasteiger charge is -2.08. The maximum absolute atomic E-state index is 5.83. The normalized spacial score (nSPS) is 12.8. The van der Waals surface area contributed by atoms with Crippen LogP contribution in [-0.2, 0) is 0 Å². The third-order valence-corrected chi connectivity index (χ3v) is 3.68. The maximum atomic E-state index is 5.83. The monoisotopic (exact) mass is 266 g/mol. The number of hydrogen-bond acceptors (Lipinski definition) is 3. The van der Waals surface area contributed by atoms with Gasteiger partial charge >= 0.3 is 0 Å². The van der Waals surface area contributed by atoms with E-state index in [4.69, 9.17) is 5.73 Å². The predicted octanol–water partition coefficient (Wildman–Crippen LogP) is 3.06. The quantitative estimate of drug-likeness (QED) is 0.775. The molecule has 0 aliphatic carbocycles. The summed E-state index contributed by atoms with van der Waals surface area (Å²) >= 11 is 0. The van der Waals surface area contributed by atoms with Crippen LogP contribution in [0.4, 0.5) is 0 Å². The van der Waals surface area contributed by atoms with Gasteiger partial charge in [0.2, 0.25) is 0 Å². The molecule has 0 radical (unpaired) electrons. The molecule has 0 amide bonds. The van der Waals surface area contributed by atoms with Crippen molar-refractivity contribution in [1.82, 2.24) is 14.5 Å². The Morgan fingerprint density at radius 3 is 2.50 bits per heavy atom. The lowest BCUT2D eigenvalue weighted by Crippen LogP contribution is -2.07. The molecule has 4 heteroatoms. The summed E-state index contributed by atoms with van der Waals surface area (Å²) in [5.41, 5.74) is 12.3. The Kier molecular flexibility index (Phi) is 3.03. The Morgan fingerprint density at radius 2 is 1.85 bits per heavy atom. The fourth-order valence-electron chi connectivity index (χ4n) is 2.28. The molecule has 3 aromatic rings. The third-order valence-electron chi connectivity index (χ3n) is 3.68. The summed E-state index contributed by atoms with van der Waals surface area (Å²) in [6.45, 7) is 6.15. The number of hydrogen-bond donors (Lipinski definition) is 1. The summed E-state index contributed by atoms with van der Waals surface area (Å²) in [5.74, 6) is 0. The summed E-state index contributed by atoms with van der Waals surface area (Å²) in [7, 11) is 0. The predicted molar refractivity (Wildman–Crippen MR) is 80.9 cm³/mol. The van der Waals surface area contributed by atoms with E-state index in [1.807, 2.05) is 31.6 Å². The van der Waals surface area contributed by atoms with Crippen molar-refractivity contribution in [3.63, 3.8) is 0 Å². The second-order valence-corrected chi connectivity index (χ2v) is 5.27. The Morgan fingerprint density at radius 1 is 1.10 bits per heavy atom. The van der Waals surface area contributed by atoms with Gasteiger partial charge in [0.25, 0.3) is 0 Å². The Labute approximate surface area is 118 Å². The van der Waals surface area contributed by atoms with Crippen LogP contribution in [-0.4, -0.2) is 14.5 Å². The molecular formula is C16H18N4. The molecule has 4 nitrogen and oxygen atoms in total. The maximum Gasteiger partial charge on any atom is 0.100 e. The average molecular weight is 266 g/mol. The molecule has 0 aliphatic heterocycles. The zero-order valence-corrected chi connectivity index (χ0v) is 12.0. The number of fused-ring (bicyclic) bond motifs is 1. The zero-order valence-electron chi connectivity index (χ0n) is 12.0. The molecule has 20 heavy (non-hydrogen) atoms. The lowest BCUT2D eigenvalue weighted by molar-refractivity contribution is 0.779. The standard InChI is InChI=1S/C16H18N4/c1-10-6-15-16(7-11(10)2)20(9-19-15)13-4-5-14(12(3)17)18-8-13/h4-9,12H,17H2,1-3H3/t12-/m0/s1. The number of benzene rings is 1. The minimum absolute atomic E-state index is 0.0477. The fourth-order valence-corrected chi connectivity index (χ4v) is 2.28. The van der Waals surface area contributed by atoms with Gasteiger partial charge in [-0.3, -0.25) is 9.55 Å². The van der Waals surface area contributed by atoms with Crippen LogP contribution in [0.15, 0.2) is 36.8 Å². The molecule has 1 aromatic carbocycles. The van der Waals surface area contributed by atoms with Crippen LogP contribution in [0.3, 0.4) is 0 Å². The summed E-state index contributed by atoms with van der Waals surface area (Å²) in [6, 6.07) is 8.23. The average Bonchev–Trinajstić information content (AvgIpc) is 2.82. The molecular weight excluding hydrogens is 248 g/mol. The highest BCUT2D eigenvalue weighted by Crippen LogP contribution is 2.21. The molecule has 102 valence electrons. The summed E-state index contributed by atoms with van der Waals surface area (Å²) in [6.07, 6.45) is 3.68. The van der Waals surface area contributed by atoms with Gasteiger partial charge in [0, 0.05) is 6.04 Å². The van der Waals surface area contributed by atoms with Gasteiger partial charge in [-0.25, -0.2) is 4.98 Å². The minimum atomic E-state index is -0.0477. The van der Waals surface area contributed by atoms with Crippen molar-refractivity contribution < 1.29 is 0 Å². The SMILES string of the molecule is Cc1cc2ncn(-c3ccc([C@H](C)N)nc3)c2cc1C. The lowest BCUT2D eigenvalue weighted by atomic mass is 10.1. The van der Waals surface area contributed by atoms with Crippen LogP contribution in [0, 0.1) is 13.8 Å². The van der Waals surface area contributed by atoms with Gasteiger partial charge in [-0.05, 0) is 56.2 Å². The highest BCUT2D eigenvalue weighted by atomic mass is 15.1. The van der Waals surface area contributed by atoms with Crippen LogP contribution in [0.1, 0.15) is 29.8 Å². The number of nitrogens with two attached hydrogens (primary N) is 1. The van der Waals surface area contributed by atoms with Crippen molar-refractivity contribution >= 4 is 11.0 Å². The van der Waals surface area contributed by atoms with Gasteiger partial charge < -0.3 is 5.73 Å². The van der Waals surface area contributed by atoms with E-state index in [1.165, 1.54) is 11.1 Å². The molecule has 2 aromatic heterocycles. The Bertz CT molecular complexity index is 754. The number of pyridine rings is 1. The molecule has 0 saturated heterocycles. The van der Waals surface area contributed by atoms with Crippen LogP contribution < -0.4 is 5.73 Å². The van der Waals surface area contributed by atoms with Crippen LogP contribution >= 0.6 is 0 Å². The molecule has 3 rings (SSSR count). The Balaban J connectivity index is 2.12. The second kappa shape index (κ2) is 4.72. The molecule has 0 bridgehead atoms. The van der Waals surface area contributed by atoms with E-state index in [-0.39, 0.29) is 6.04 Å². The molecule has 0 aliphatic rings. The van der Waals surface area contributed by atoms with E-state index < -0.39 is 0 Å². The summed E-state index contributed by atoms with van der Waals surface area (Å²) in [5, 5.41) is 0. The third kappa shape index (κ3) is 2.08. The first kappa shape index (κ1) is 12.8. The van der Waals surface area contributed by atoms with Crippen LogP contribution in [0.25, 0.3) is 16.7 Å². The van der Waals surface area contributed by atoms with Gasteiger partial charge in [-0.15, -0.1) is 0 Å². The first-order chi connectivity index (χ1) is 9.56. The summed E-state index contributed by atoms with van der Waals surface area (Å²) < 4.78 is 2.06. The topological polar surface area (TPSA) is 56.7 Å². The molecule has 0 unspecified atom stereocenters. The Hall–Kier alpha value is -2.20. The number of imidazole rings is 1. The molecule has 0 saturated carbocycles.